The average molecular weight is 361 g/mol. The van der Waals surface area contributed by atoms with E-state index in [9.17, 15) is 9.59 Å². The van der Waals surface area contributed by atoms with Crippen molar-refractivity contribution in [3.63, 3.8) is 0 Å². The lowest BCUT2D eigenvalue weighted by Gasteiger charge is -2.07. The number of thiophene rings is 1. The first kappa shape index (κ1) is 16.2. The van der Waals surface area contributed by atoms with Gasteiger partial charge in [0.25, 0.3) is 5.56 Å². The van der Waals surface area contributed by atoms with E-state index in [1.807, 2.05) is 47.8 Å². The van der Waals surface area contributed by atoms with E-state index in [1.54, 1.807) is 29.5 Å². The lowest BCUT2D eigenvalue weighted by Crippen LogP contribution is -2.13. The Morgan fingerprint density at radius 2 is 1.85 bits per heavy atom. The van der Waals surface area contributed by atoms with Gasteiger partial charge < -0.3 is 10.3 Å². The minimum absolute atomic E-state index is 0.0579. The summed E-state index contributed by atoms with van der Waals surface area (Å²) >= 11 is 1.56. The van der Waals surface area contributed by atoms with Crippen molar-refractivity contribution in [2.45, 2.75) is 6.42 Å². The van der Waals surface area contributed by atoms with Crippen LogP contribution in [0.2, 0.25) is 0 Å². The van der Waals surface area contributed by atoms with Crippen LogP contribution in [0.1, 0.15) is 4.88 Å². The number of amides is 1. The number of carbonyl (C=O) groups excluding carboxylic acids is 1. The maximum atomic E-state index is 12.2. The van der Waals surface area contributed by atoms with Crippen LogP contribution >= 0.6 is 11.3 Å². The summed E-state index contributed by atoms with van der Waals surface area (Å²) in [5.41, 5.74) is 1.97. The quantitative estimate of drug-likeness (QED) is 0.580. The van der Waals surface area contributed by atoms with Gasteiger partial charge in [0.15, 0.2) is 0 Å². The van der Waals surface area contributed by atoms with Crippen LogP contribution in [-0.2, 0) is 11.2 Å². The fourth-order valence-electron chi connectivity index (χ4n) is 2.71. The number of para-hydroxylation sites is 1. The van der Waals surface area contributed by atoms with Crippen molar-refractivity contribution in [1.82, 2.24) is 9.97 Å². The number of rotatable bonds is 4. The predicted octanol–water partition coefficient (Wildman–Crippen LogP) is 3.83. The predicted molar refractivity (Wildman–Crippen MR) is 104 cm³/mol. The van der Waals surface area contributed by atoms with E-state index in [-0.39, 0.29) is 11.5 Å². The van der Waals surface area contributed by atoms with Gasteiger partial charge in [0.05, 0.1) is 17.3 Å². The third-order valence-corrected chi connectivity index (χ3v) is 4.85. The SMILES string of the molecule is O=C(Cc1cccs1)Nc1ccc(-c2nc3ccccc3c(=O)[nH]2)cc1. The van der Waals surface area contributed by atoms with Gasteiger partial charge in [-0.2, -0.15) is 0 Å². The molecule has 0 aliphatic carbocycles. The second kappa shape index (κ2) is 6.93. The van der Waals surface area contributed by atoms with E-state index in [0.717, 1.165) is 10.4 Å². The maximum Gasteiger partial charge on any atom is 0.259 e. The lowest BCUT2D eigenvalue weighted by atomic mass is 10.1. The molecule has 0 fully saturated rings. The molecule has 26 heavy (non-hydrogen) atoms. The number of benzene rings is 2. The number of nitrogens with zero attached hydrogens (tertiary/aromatic N) is 1. The van der Waals surface area contributed by atoms with Crippen LogP contribution in [-0.4, -0.2) is 15.9 Å². The molecule has 0 saturated heterocycles. The van der Waals surface area contributed by atoms with Gasteiger partial charge in [0.1, 0.15) is 5.82 Å². The summed E-state index contributed by atoms with van der Waals surface area (Å²) in [6.07, 6.45) is 0.360. The topological polar surface area (TPSA) is 74.8 Å². The molecule has 0 bridgehead atoms. The number of hydrogen-bond donors (Lipinski definition) is 2. The Morgan fingerprint density at radius 3 is 2.62 bits per heavy atom. The zero-order chi connectivity index (χ0) is 17.9. The van der Waals surface area contributed by atoms with Crippen LogP contribution in [0.3, 0.4) is 0 Å². The van der Waals surface area contributed by atoms with Crippen molar-refractivity contribution in [3.8, 4) is 11.4 Å². The Balaban J connectivity index is 1.54. The zero-order valence-electron chi connectivity index (χ0n) is 13.7. The van der Waals surface area contributed by atoms with Crippen LogP contribution in [0.5, 0.6) is 0 Å². The molecular weight excluding hydrogens is 346 g/mol. The molecule has 2 aromatic heterocycles. The molecule has 0 saturated carbocycles. The first-order chi connectivity index (χ1) is 12.7. The number of nitrogens with one attached hydrogen (secondary N) is 2. The Hall–Kier alpha value is -3.25. The smallest absolute Gasteiger partial charge is 0.259 e. The van der Waals surface area contributed by atoms with Crippen molar-refractivity contribution in [2.75, 3.05) is 5.32 Å². The van der Waals surface area contributed by atoms with Crippen molar-refractivity contribution in [3.05, 3.63) is 81.3 Å². The Labute approximate surface area is 153 Å². The highest BCUT2D eigenvalue weighted by molar-refractivity contribution is 7.10. The third kappa shape index (κ3) is 3.41. The molecule has 128 valence electrons. The monoisotopic (exact) mass is 361 g/mol. The van der Waals surface area contributed by atoms with E-state index < -0.39 is 0 Å². The molecule has 4 rings (SSSR count). The van der Waals surface area contributed by atoms with E-state index >= 15 is 0 Å². The van der Waals surface area contributed by atoms with Crippen LogP contribution < -0.4 is 10.9 Å². The largest absolute Gasteiger partial charge is 0.326 e. The van der Waals surface area contributed by atoms with Gasteiger partial charge in [0.2, 0.25) is 5.91 Å². The van der Waals surface area contributed by atoms with Crippen LogP contribution in [0.4, 0.5) is 5.69 Å². The molecule has 0 spiro atoms. The molecule has 6 heteroatoms. The minimum Gasteiger partial charge on any atom is -0.326 e. The molecule has 5 nitrogen and oxygen atoms in total. The van der Waals surface area contributed by atoms with Gasteiger partial charge in [-0.15, -0.1) is 11.3 Å². The highest BCUT2D eigenvalue weighted by Crippen LogP contribution is 2.19. The van der Waals surface area contributed by atoms with Crippen molar-refractivity contribution in [2.24, 2.45) is 0 Å². The molecule has 2 heterocycles. The number of aromatic nitrogens is 2. The standard InChI is InChI=1S/C20H15N3O2S/c24-18(12-15-4-3-11-26-15)21-14-9-7-13(8-10-14)19-22-17-6-2-1-5-16(17)20(25)23-19/h1-11H,12H2,(H,21,24)(H,22,23,25). The molecule has 2 N–H and O–H groups in total. The first-order valence-corrected chi connectivity index (χ1v) is 8.99. The van der Waals surface area contributed by atoms with Crippen LogP contribution in [0.15, 0.2) is 70.8 Å². The van der Waals surface area contributed by atoms with E-state index in [0.29, 0.717) is 28.8 Å². The van der Waals surface area contributed by atoms with E-state index in [1.165, 1.54) is 0 Å². The summed E-state index contributed by atoms with van der Waals surface area (Å²) in [6, 6.07) is 18.4. The highest BCUT2D eigenvalue weighted by Gasteiger charge is 2.07. The number of hydrogen-bond acceptors (Lipinski definition) is 4. The highest BCUT2D eigenvalue weighted by atomic mass is 32.1. The fraction of sp³-hybridized carbons (Fsp3) is 0.0500. The third-order valence-electron chi connectivity index (χ3n) is 3.97. The number of fused-ring (bicyclic) bond motifs is 1. The zero-order valence-corrected chi connectivity index (χ0v) is 14.5. The Bertz CT molecular complexity index is 1120. The van der Waals surface area contributed by atoms with Gasteiger partial charge in [-0.05, 0) is 47.8 Å². The maximum absolute atomic E-state index is 12.2. The van der Waals surface area contributed by atoms with Gasteiger partial charge >= 0.3 is 0 Å². The summed E-state index contributed by atoms with van der Waals surface area (Å²) in [5, 5.41) is 5.39. The molecule has 0 aliphatic heterocycles. The summed E-state index contributed by atoms with van der Waals surface area (Å²) in [5.74, 6) is 0.447. The molecule has 4 aromatic rings. The van der Waals surface area contributed by atoms with E-state index in [4.69, 9.17) is 0 Å². The van der Waals surface area contributed by atoms with E-state index in [2.05, 4.69) is 15.3 Å². The fourth-order valence-corrected chi connectivity index (χ4v) is 3.41. The normalized spacial score (nSPS) is 10.8. The van der Waals surface area contributed by atoms with Crippen molar-refractivity contribution < 1.29 is 4.79 Å². The van der Waals surface area contributed by atoms with Crippen LogP contribution in [0, 0.1) is 0 Å². The molecule has 2 aromatic carbocycles. The number of anilines is 1. The number of aromatic amines is 1. The summed E-state index contributed by atoms with van der Waals surface area (Å²) in [4.78, 5) is 32.6. The number of H-pyrrole nitrogens is 1. The molecular formula is C20H15N3O2S. The van der Waals surface area contributed by atoms with Gasteiger partial charge in [0, 0.05) is 16.1 Å². The van der Waals surface area contributed by atoms with Crippen molar-refractivity contribution >= 4 is 33.8 Å². The van der Waals surface area contributed by atoms with Gasteiger partial charge in [-0.25, -0.2) is 4.98 Å². The minimum atomic E-state index is -0.168. The second-order valence-electron chi connectivity index (χ2n) is 5.81. The average Bonchev–Trinajstić information content (AvgIpc) is 3.15. The van der Waals surface area contributed by atoms with Crippen molar-refractivity contribution in [1.29, 1.82) is 0 Å². The lowest BCUT2D eigenvalue weighted by molar-refractivity contribution is -0.115. The molecule has 1 amide bonds. The Morgan fingerprint density at radius 1 is 1.04 bits per heavy atom. The summed E-state index contributed by atoms with van der Waals surface area (Å²) in [7, 11) is 0. The molecule has 0 radical (unpaired) electrons. The summed E-state index contributed by atoms with van der Waals surface area (Å²) < 4.78 is 0. The van der Waals surface area contributed by atoms with Gasteiger partial charge in [-0.1, -0.05) is 18.2 Å². The molecule has 0 unspecified atom stereocenters. The second-order valence-corrected chi connectivity index (χ2v) is 6.85. The molecule has 0 aliphatic rings. The number of carbonyl (C=O) groups is 1. The van der Waals surface area contributed by atoms with Gasteiger partial charge in [-0.3, -0.25) is 9.59 Å². The Kier molecular flexibility index (Phi) is 4.33. The molecule has 0 atom stereocenters. The first-order valence-electron chi connectivity index (χ1n) is 8.11. The summed E-state index contributed by atoms with van der Waals surface area (Å²) in [6.45, 7) is 0. The van der Waals surface area contributed by atoms with Crippen LogP contribution in [0.25, 0.3) is 22.3 Å².